The average Bonchev–Trinajstić information content (AvgIpc) is 2.43. The molecule has 1 N–H and O–H groups in total. The van der Waals surface area contributed by atoms with E-state index in [-0.39, 0.29) is 5.02 Å². The van der Waals surface area contributed by atoms with E-state index in [0.717, 1.165) is 0 Å². The molecule has 1 unspecified atom stereocenters. The Balaban J connectivity index is 1.80. The average molecular weight is 303 g/mol. The first kappa shape index (κ1) is 15.1. The van der Waals surface area contributed by atoms with Crippen LogP contribution in [0.4, 0.5) is 4.39 Å². The van der Waals surface area contributed by atoms with E-state index in [0.29, 0.717) is 23.0 Å². The fourth-order valence-electron chi connectivity index (χ4n) is 2.50. The number of halogens is 2. The molecule has 2 rings (SSSR count). The molecule has 1 aliphatic rings. The molecule has 19 heavy (non-hydrogen) atoms. The van der Waals surface area contributed by atoms with Crippen LogP contribution in [-0.2, 0) is 6.42 Å². The van der Waals surface area contributed by atoms with E-state index in [2.05, 4.69) is 0 Å². The molecule has 1 fully saturated rings. The molecular weight excluding hydrogens is 283 g/mol. The fraction of sp³-hybridized carbons (Fsp3) is 0.600. The highest BCUT2D eigenvalue weighted by atomic mass is 35.5. The summed E-state index contributed by atoms with van der Waals surface area (Å²) in [6.07, 6.45) is 6.29. The van der Waals surface area contributed by atoms with Crippen molar-refractivity contribution in [2.45, 2.75) is 49.9 Å². The Hall–Kier alpha value is -0.250. The zero-order valence-corrected chi connectivity index (χ0v) is 12.5. The first-order chi connectivity index (χ1) is 9.16. The van der Waals surface area contributed by atoms with Gasteiger partial charge in [0.15, 0.2) is 0 Å². The second-order valence-electron chi connectivity index (χ2n) is 5.16. The molecule has 1 nitrogen and oxygen atoms in total. The van der Waals surface area contributed by atoms with E-state index in [1.165, 1.54) is 38.2 Å². The minimum absolute atomic E-state index is 0.129. The maximum atomic E-state index is 13.7. The van der Waals surface area contributed by atoms with Gasteiger partial charge in [-0.15, -0.1) is 0 Å². The third kappa shape index (κ3) is 4.66. The molecule has 1 aromatic rings. The topological polar surface area (TPSA) is 20.2 Å². The predicted octanol–water partition coefficient (Wildman–Crippen LogP) is 4.45. The largest absolute Gasteiger partial charge is 0.392 e. The van der Waals surface area contributed by atoms with Gasteiger partial charge in [-0.05, 0) is 24.5 Å². The SMILES string of the molecule is OC(CSC1CCCCC1)Cc1cccc(Cl)c1F. The molecule has 106 valence electrons. The van der Waals surface area contributed by atoms with Gasteiger partial charge in [-0.3, -0.25) is 0 Å². The van der Waals surface area contributed by atoms with Gasteiger partial charge in [0.2, 0.25) is 0 Å². The first-order valence-electron chi connectivity index (χ1n) is 6.89. The van der Waals surface area contributed by atoms with Crippen LogP contribution in [0.15, 0.2) is 18.2 Å². The summed E-state index contributed by atoms with van der Waals surface area (Å²) in [5.74, 6) is 0.280. The van der Waals surface area contributed by atoms with Crippen LogP contribution in [0.2, 0.25) is 5.02 Å². The van der Waals surface area contributed by atoms with E-state index in [1.807, 2.05) is 11.8 Å². The highest BCUT2D eigenvalue weighted by Crippen LogP contribution is 2.29. The molecule has 1 atom stereocenters. The lowest BCUT2D eigenvalue weighted by Gasteiger charge is -2.22. The van der Waals surface area contributed by atoms with Crippen LogP contribution in [0.25, 0.3) is 0 Å². The number of hydrogen-bond donors (Lipinski definition) is 1. The number of rotatable bonds is 5. The number of thioether (sulfide) groups is 1. The lowest BCUT2D eigenvalue weighted by atomic mass is 10.0. The molecule has 0 radical (unpaired) electrons. The minimum atomic E-state index is -0.500. The van der Waals surface area contributed by atoms with Crippen molar-refractivity contribution < 1.29 is 9.50 Å². The monoisotopic (exact) mass is 302 g/mol. The second-order valence-corrected chi connectivity index (χ2v) is 6.90. The molecule has 0 saturated heterocycles. The summed E-state index contributed by atoms with van der Waals surface area (Å²) < 4.78 is 13.7. The standard InChI is InChI=1S/C15H20ClFOS/c16-14-8-4-5-11(15(14)17)9-12(18)10-19-13-6-2-1-3-7-13/h4-5,8,12-13,18H,1-3,6-7,9-10H2. The van der Waals surface area contributed by atoms with Crippen LogP contribution in [0, 0.1) is 5.82 Å². The molecule has 0 bridgehead atoms. The van der Waals surface area contributed by atoms with Gasteiger partial charge in [-0.2, -0.15) is 11.8 Å². The molecule has 0 amide bonds. The lowest BCUT2D eigenvalue weighted by Crippen LogP contribution is -2.18. The smallest absolute Gasteiger partial charge is 0.145 e. The number of aliphatic hydroxyl groups is 1. The fourth-order valence-corrected chi connectivity index (χ4v) is 3.97. The van der Waals surface area contributed by atoms with Crippen LogP contribution in [0.1, 0.15) is 37.7 Å². The van der Waals surface area contributed by atoms with Gasteiger partial charge in [0.05, 0.1) is 11.1 Å². The van der Waals surface area contributed by atoms with Gasteiger partial charge in [0, 0.05) is 17.4 Å². The number of hydrogen-bond acceptors (Lipinski definition) is 2. The quantitative estimate of drug-likeness (QED) is 0.867. The van der Waals surface area contributed by atoms with E-state index < -0.39 is 11.9 Å². The van der Waals surface area contributed by atoms with Gasteiger partial charge >= 0.3 is 0 Å². The Morgan fingerprint density at radius 1 is 1.32 bits per heavy atom. The molecule has 0 aliphatic heterocycles. The third-order valence-electron chi connectivity index (χ3n) is 3.56. The number of aliphatic hydroxyl groups excluding tert-OH is 1. The molecule has 0 spiro atoms. The molecular formula is C15H20ClFOS. The molecule has 1 saturated carbocycles. The van der Waals surface area contributed by atoms with E-state index in [4.69, 9.17) is 11.6 Å². The normalized spacial score (nSPS) is 18.5. The van der Waals surface area contributed by atoms with Crippen molar-refractivity contribution in [1.82, 2.24) is 0 Å². The lowest BCUT2D eigenvalue weighted by molar-refractivity contribution is 0.198. The zero-order valence-electron chi connectivity index (χ0n) is 10.9. The van der Waals surface area contributed by atoms with Crippen LogP contribution >= 0.6 is 23.4 Å². The number of benzene rings is 1. The van der Waals surface area contributed by atoms with Crippen LogP contribution in [0.5, 0.6) is 0 Å². The van der Waals surface area contributed by atoms with Gasteiger partial charge in [-0.1, -0.05) is 43.0 Å². The Labute approximate surface area is 123 Å². The van der Waals surface area contributed by atoms with Crippen molar-refractivity contribution in [3.05, 3.63) is 34.6 Å². The van der Waals surface area contributed by atoms with Crippen LogP contribution in [0.3, 0.4) is 0 Å². The van der Waals surface area contributed by atoms with Crippen molar-refractivity contribution in [1.29, 1.82) is 0 Å². The Morgan fingerprint density at radius 3 is 2.79 bits per heavy atom. The Bertz CT molecular complexity index is 407. The molecule has 0 heterocycles. The molecule has 4 heteroatoms. The highest BCUT2D eigenvalue weighted by molar-refractivity contribution is 7.99. The molecule has 0 aromatic heterocycles. The van der Waals surface area contributed by atoms with Crippen LogP contribution in [-0.4, -0.2) is 22.2 Å². The summed E-state index contributed by atoms with van der Waals surface area (Å²) in [4.78, 5) is 0. The summed E-state index contributed by atoms with van der Waals surface area (Å²) in [5, 5.41) is 10.8. The third-order valence-corrected chi connectivity index (χ3v) is 5.38. The van der Waals surface area contributed by atoms with Crippen LogP contribution < -0.4 is 0 Å². The minimum Gasteiger partial charge on any atom is -0.392 e. The summed E-state index contributed by atoms with van der Waals surface area (Å²) in [5.41, 5.74) is 0.504. The second kappa shape index (κ2) is 7.51. The molecule has 1 aliphatic carbocycles. The van der Waals surface area contributed by atoms with Crippen molar-refractivity contribution in [2.24, 2.45) is 0 Å². The van der Waals surface area contributed by atoms with Crippen molar-refractivity contribution >= 4 is 23.4 Å². The van der Waals surface area contributed by atoms with Crippen molar-refractivity contribution in [2.75, 3.05) is 5.75 Å². The Kier molecular flexibility index (Phi) is 5.99. The van der Waals surface area contributed by atoms with Gasteiger partial charge in [-0.25, -0.2) is 4.39 Å². The summed E-state index contributed by atoms with van der Waals surface area (Å²) in [6, 6.07) is 4.95. The summed E-state index contributed by atoms with van der Waals surface area (Å²) in [6.45, 7) is 0. The summed E-state index contributed by atoms with van der Waals surface area (Å²) in [7, 11) is 0. The van der Waals surface area contributed by atoms with Gasteiger partial charge in [0.1, 0.15) is 5.82 Å². The maximum absolute atomic E-state index is 13.7. The van der Waals surface area contributed by atoms with E-state index in [1.54, 1.807) is 12.1 Å². The predicted molar refractivity (Wildman–Crippen MR) is 80.5 cm³/mol. The first-order valence-corrected chi connectivity index (χ1v) is 8.32. The van der Waals surface area contributed by atoms with Gasteiger partial charge in [0.25, 0.3) is 0 Å². The summed E-state index contributed by atoms with van der Waals surface area (Å²) >= 11 is 7.56. The van der Waals surface area contributed by atoms with Crippen molar-refractivity contribution in [3.63, 3.8) is 0 Å². The highest BCUT2D eigenvalue weighted by Gasteiger charge is 2.17. The maximum Gasteiger partial charge on any atom is 0.145 e. The van der Waals surface area contributed by atoms with E-state index >= 15 is 0 Å². The molecule has 1 aromatic carbocycles. The van der Waals surface area contributed by atoms with Crippen molar-refractivity contribution in [3.8, 4) is 0 Å². The van der Waals surface area contributed by atoms with E-state index in [9.17, 15) is 9.50 Å². The zero-order chi connectivity index (χ0) is 13.7. The van der Waals surface area contributed by atoms with Gasteiger partial charge < -0.3 is 5.11 Å². The Morgan fingerprint density at radius 2 is 2.05 bits per heavy atom.